The number of amides is 2. The van der Waals surface area contributed by atoms with Crippen molar-refractivity contribution in [1.29, 1.82) is 0 Å². The van der Waals surface area contributed by atoms with E-state index in [4.69, 9.17) is 9.47 Å². The zero-order chi connectivity index (χ0) is 24.2. The molecule has 178 valence electrons. The molecule has 3 aromatic rings. The molecule has 3 aromatic carbocycles. The molecule has 0 spiro atoms. The van der Waals surface area contributed by atoms with E-state index in [2.05, 4.69) is 24.5 Å². The molecule has 0 atom stereocenters. The Balaban J connectivity index is 1.63. The Hall–Kier alpha value is -3.80. The van der Waals surface area contributed by atoms with E-state index < -0.39 is 0 Å². The second-order valence-electron chi connectivity index (χ2n) is 7.88. The number of para-hydroxylation sites is 4. The van der Waals surface area contributed by atoms with Crippen LogP contribution in [0.1, 0.15) is 60.2 Å². The molecule has 0 saturated carbocycles. The van der Waals surface area contributed by atoms with Crippen molar-refractivity contribution in [3.8, 4) is 11.5 Å². The first-order valence-electron chi connectivity index (χ1n) is 11.8. The van der Waals surface area contributed by atoms with Crippen LogP contribution in [0, 0.1) is 0 Å². The van der Waals surface area contributed by atoms with Gasteiger partial charge in [-0.05, 0) is 61.4 Å². The molecule has 0 heterocycles. The Labute approximate surface area is 201 Å². The molecule has 2 N–H and O–H groups in total. The number of benzene rings is 3. The minimum absolute atomic E-state index is 0.270. The summed E-state index contributed by atoms with van der Waals surface area (Å²) in [5.74, 6) is 0.738. The zero-order valence-electron chi connectivity index (χ0n) is 19.8. The molecule has 0 aliphatic heterocycles. The Morgan fingerprint density at radius 1 is 0.618 bits per heavy atom. The number of unbranched alkanes of at least 4 members (excludes halogenated alkanes) is 2. The van der Waals surface area contributed by atoms with Gasteiger partial charge in [-0.3, -0.25) is 9.59 Å². The highest BCUT2D eigenvalue weighted by molar-refractivity contribution is 6.07. The SMILES string of the molecule is CCCCOc1ccccc1NC(=O)c1ccc(C(=O)Nc2ccccc2OCCCC)cc1. The largest absolute Gasteiger partial charge is 0.491 e. The topological polar surface area (TPSA) is 76.7 Å². The molecular formula is C28H32N2O4. The third-order valence-electron chi connectivity index (χ3n) is 5.19. The summed E-state index contributed by atoms with van der Waals surface area (Å²) in [6.45, 7) is 5.39. The van der Waals surface area contributed by atoms with Gasteiger partial charge in [0.05, 0.1) is 24.6 Å². The summed E-state index contributed by atoms with van der Waals surface area (Å²) >= 11 is 0. The zero-order valence-corrected chi connectivity index (χ0v) is 19.8. The van der Waals surface area contributed by atoms with Crippen LogP contribution in [0.2, 0.25) is 0 Å². The first-order chi connectivity index (χ1) is 16.6. The van der Waals surface area contributed by atoms with Crippen LogP contribution in [0.15, 0.2) is 72.8 Å². The van der Waals surface area contributed by atoms with Gasteiger partial charge in [0.25, 0.3) is 11.8 Å². The molecule has 0 aliphatic carbocycles. The van der Waals surface area contributed by atoms with Crippen LogP contribution in [0.4, 0.5) is 11.4 Å². The van der Waals surface area contributed by atoms with E-state index in [0.29, 0.717) is 47.2 Å². The fraction of sp³-hybridized carbons (Fsp3) is 0.286. The third-order valence-corrected chi connectivity index (χ3v) is 5.19. The molecule has 0 fully saturated rings. The van der Waals surface area contributed by atoms with E-state index in [-0.39, 0.29) is 11.8 Å². The van der Waals surface area contributed by atoms with Gasteiger partial charge in [-0.25, -0.2) is 0 Å². The predicted octanol–water partition coefficient (Wildman–Crippen LogP) is 6.55. The number of anilines is 2. The number of ether oxygens (including phenoxy) is 2. The summed E-state index contributed by atoms with van der Waals surface area (Å²) in [4.78, 5) is 25.5. The van der Waals surface area contributed by atoms with E-state index >= 15 is 0 Å². The van der Waals surface area contributed by atoms with E-state index in [1.54, 1.807) is 36.4 Å². The summed E-state index contributed by atoms with van der Waals surface area (Å²) < 4.78 is 11.6. The van der Waals surface area contributed by atoms with E-state index in [9.17, 15) is 9.59 Å². The van der Waals surface area contributed by atoms with Gasteiger partial charge >= 0.3 is 0 Å². The van der Waals surface area contributed by atoms with E-state index in [1.165, 1.54) is 0 Å². The number of hydrogen-bond donors (Lipinski definition) is 2. The lowest BCUT2D eigenvalue weighted by atomic mass is 10.1. The van der Waals surface area contributed by atoms with Gasteiger partial charge in [-0.15, -0.1) is 0 Å². The first kappa shape index (κ1) is 24.8. The van der Waals surface area contributed by atoms with Gasteiger partial charge in [0.2, 0.25) is 0 Å². The second-order valence-corrected chi connectivity index (χ2v) is 7.88. The lowest BCUT2D eigenvalue weighted by Gasteiger charge is -2.13. The fourth-order valence-corrected chi connectivity index (χ4v) is 3.21. The van der Waals surface area contributed by atoms with Gasteiger partial charge in [0.15, 0.2) is 0 Å². The smallest absolute Gasteiger partial charge is 0.255 e. The molecule has 0 aliphatic rings. The Kier molecular flexibility index (Phi) is 9.52. The van der Waals surface area contributed by atoms with E-state index in [0.717, 1.165) is 25.7 Å². The normalized spacial score (nSPS) is 10.4. The van der Waals surface area contributed by atoms with Crippen molar-refractivity contribution in [3.63, 3.8) is 0 Å². The highest BCUT2D eigenvalue weighted by atomic mass is 16.5. The maximum absolute atomic E-state index is 12.8. The van der Waals surface area contributed by atoms with E-state index in [1.807, 2.05) is 36.4 Å². The molecule has 6 nitrogen and oxygen atoms in total. The summed E-state index contributed by atoms with van der Waals surface area (Å²) in [5.41, 5.74) is 2.13. The second kappa shape index (κ2) is 13.0. The monoisotopic (exact) mass is 460 g/mol. The number of hydrogen-bond acceptors (Lipinski definition) is 4. The van der Waals surface area contributed by atoms with Crippen molar-refractivity contribution in [3.05, 3.63) is 83.9 Å². The van der Waals surface area contributed by atoms with Crippen molar-refractivity contribution < 1.29 is 19.1 Å². The maximum atomic E-state index is 12.8. The maximum Gasteiger partial charge on any atom is 0.255 e. The summed E-state index contributed by atoms with van der Waals surface area (Å²) in [5, 5.41) is 5.79. The van der Waals surface area contributed by atoms with Crippen LogP contribution in [-0.4, -0.2) is 25.0 Å². The molecule has 0 aromatic heterocycles. The number of nitrogens with one attached hydrogen (secondary N) is 2. The molecule has 0 bridgehead atoms. The first-order valence-corrected chi connectivity index (χ1v) is 11.8. The van der Waals surface area contributed by atoms with Crippen LogP contribution in [0.25, 0.3) is 0 Å². The van der Waals surface area contributed by atoms with Crippen LogP contribution in [0.3, 0.4) is 0 Å². The third kappa shape index (κ3) is 7.10. The fourth-order valence-electron chi connectivity index (χ4n) is 3.21. The van der Waals surface area contributed by atoms with Crippen molar-refractivity contribution in [2.45, 2.75) is 39.5 Å². The van der Waals surface area contributed by atoms with Crippen molar-refractivity contribution in [1.82, 2.24) is 0 Å². The molecule has 6 heteroatoms. The summed E-state index contributed by atoms with van der Waals surface area (Å²) in [6.07, 6.45) is 3.96. The molecular weight excluding hydrogens is 428 g/mol. The van der Waals surface area contributed by atoms with Crippen molar-refractivity contribution in [2.24, 2.45) is 0 Å². The Bertz CT molecular complexity index is 993. The molecule has 2 amide bonds. The number of carbonyl (C=O) groups excluding carboxylic acids is 2. The highest BCUT2D eigenvalue weighted by Crippen LogP contribution is 2.26. The molecule has 0 radical (unpaired) electrons. The van der Waals surface area contributed by atoms with Crippen LogP contribution in [-0.2, 0) is 0 Å². The Morgan fingerprint density at radius 3 is 1.38 bits per heavy atom. The van der Waals surface area contributed by atoms with Gasteiger partial charge in [0.1, 0.15) is 11.5 Å². The van der Waals surface area contributed by atoms with Crippen molar-refractivity contribution in [2.75, 3.05) is 23.8 Å². The highest BCUT2D eigenvalue weighted by Gasteiger charge is 2.13. The molecule has 34 heavy (non-hydrogen) atoms. The quantitative estimate of drug-likeness (QED) is 0.301. The molecule has 3 rings (SSSR count). The predicted molar refractivity (Wildman–Crippen MR) is 136 cm³/mol. The van der Waals surface area contributed by atoms with Gasteiger partial charge < -0.3 is 20.1 Å². The summed E-state index contributed by atoms with van der Waals surface area (Å²) in [6, 6.07) is 21.3. The van der Waals surface area contributed by atoms with Crippen LogP contribution < -0.4 is 20.1 Å². The van der Waals surface area contributed by atoms with Gasteiger partial charge in [-0.1, -0.05) is 51.0 Å². The standard InChI is InChI=1S/C28H32N2O4/c1-3-5-19-33-25-13-9-7-11-23(25)29-27(31)21-15-17-22(18-16-21)28(32)30-24-12-8-10-14-26(24)34-20-6-4-2/h7-18H,3-6,19-20H2,1-2H3,(H,29,31)(H,30,32). The number of rotatable bonds is 12. The Morgan fingerprint density at radius 2 is 1.00 bits per heavy atom. The lowest BCUT2D eigenvalue weighted by Crippen LogP contribution is -2.15. The minimum Gasteiger partial charge on any atom is -0.491 e. The van der Waals surface area contributed by atoms with Gasteiger partial charge in [0, 0.05) is 11.1 Å². The summed E-state index contributed by atoms with van der Waals surface area (Å²) in [7, 11) is 0. The molecule has 0 unspecified atom stereocenters. The average Bonchev–Trinajstić information content (AvgIpc) is 2.86. The van der Waals surface area contributed by atoms with Crippen LogP contribution in [0.5, 0.6) is 11.5 Å². The molecule has 0 saturated heterocycles. The minimum atomic E-state index is -0.270. The average molecular weight is 461 g/mol. The van der Waals surface area contributed by atoms with Gasteiger partial charge in [-0.2, -0.15) is 0 Å². The van der Waals surface area contributed by atoms with Crippen LogP contribution >= 0.6 is 0 Å². The number of carbonyl (C=O) groups is 2. The lowest BCUT2D eigenvalue weighted by molar-refractivity contribution is 0.101. The van der Waals surface area contributed by atoms with Crippen molar-refractivity contribution >= 4 is 23.2 Å².